The Bertz CT molecular complexity index is 473. The zero-order chi connectivity index (χ0) is 14.2. The van der Waals surface area contributed by atoms with Crippen molar-refractivity contribution in [3.8, 4) is 5.75 Å². The summed E-state index contributed by atoms with van der Waals surface area (Å²) in [4.78, 5) is 0. The van der Waals surface area contributed by atoms with Gasteiger partial charge >= 0.3 is 0 Å². The fourth-order valence-electron chi connectivity index (χ4n) is 2.14. The van der Waals surface area contributed by atoms with Gasteiger partial charge in [0.05, 0.1) is 12.6 Å². The normalized spacial score (nSPS) is 17.8. The van der Waals surface area contributed by atoms with Crippen LogP contribution in [0.3, 0.4) is 0 Å². The lowest BCUT2D eigenvalue weighted by Gasteiger charge is -2.27. The molecule has 1 aliphatic rings. The largest absolute Gasteiger partial charge is 0.598 e. The quantitative estimate of drug-likeness (QED) is 0.869. The lowest BCUT2D eigenvalue weighted by molar-refractivity contribution is 0.356. The average Bonchev–Trinajstić information content (AvgIpc) is 2.75. The van der Waals surface area contributed by atoms with Gasteiger partial charge in [-0.25, -0.2) is 4.39 Å². The van der Waals surface area contributed by atoms with Gasteiger partial charge in [-0.15, -0.1) is 4.72 Å². The van der Waals surface area contributed by atoms with E-state index in [9.17, 15) is 8.94 Å². The molecule has 0 aliphatic carbocycles. The average molecular weight is 285 g/mol. The lowest BCUT2D eigenvalue weighted by Crippen LogP contribution is -2.40. The predicted molar refractivity (Wildman–Crippen MR) is 75.0 cm³/mol. The van der Waals surface area contributed by atoms with E-state index in [0.29, 0.717) is 18.6 Å². The van der Waals surface area contributed by atoms with Crippen LogP contribution in [0.2, 0.25) is 0 Å². The molecule has 106 valence electrons. The Kier molecular flexibility index (Phi) is 4.08. The van der Waals surface area contributed by atoms with Crippen LogP contribution in [0.5, 0.6) is 5.75 Å². The molecule has 1 aliphatic heterocycles. The third-order valence-corrected chi connectivity index (χ3v) is 4.82. The SMILES string of the molecule is C[C@H](N[S+]([O-])C(C)(C)C)c1c(F)ccc2c1CCO2. The monoisotopic (exact) mass is 285 g/mol. The molecule has 0 bridgehead atoms. The number of benzene rings is 1. The van der Waals surface area contributed by atoms with Crippen molar-refractivity contribution in [1.82, 2.24) is 4.72 Å². The van der Waals surface area contributed by atoms with Crippen molar-refractivity contribution in [2.24, 2.45) is 0 Å². The summed E-state index contributed by atoms with van der Waals surface area (Å²) in [6, 6.07) is 2.77. The summed E-state index contributed by atoms with van der Waals surface area (Å²) in [6.45, 7) is 8.08. The Labute approximate surface area is 116 Å². The first-order valence-electron chi connectivity index (χ1n) is 6.43. The van der Waals surface area contributed by atoms with E-state index in [0.717, 1.165) is 11.3 Å². The van der Waals surface area contributed by atoms with Crippen LogP contribution in [0.1, 0.15) is 44.9 Å². The molecule has 1 heterocycles. The summed E-state index contributed by atoms with van der Waals surface area (Å²) in [6.07, 6.45) is 0.705. The van der Waals surface area contributed by atoms with E-state index in [-0.39, 0.29) is 16.6 Å². The minimum atomic E-state index is -1.23. The van der Waals surface area contributed by atoms with E-state index in [1.165, 1.54) is 6.07 Å². The summed E-state index contributed by atoms with van der Waals surface area (Å²) < 4.78 is 34.2. The lowest BCUT2D eigenvalue weighted by atomic mass is 9.99. The molecule has 1 unspecified atom stereocenters. The van der Waals surface area contributed by atoms with Crippen LogP contribution in [0.25, 0.3) is 0 Å². The van der Waals surface area contributed by atoms with E-state index < -0.39 is 11.4 Å². The maximum atomic E-state index is 14.0. The predicted octanol–water partition coefficient (Wildman–Crippen LogP) is 2.87. The molecular weight excluding hydrogens is 265 g/mol. The molecule has 0 amide bonds. The second-order valence-corrected chi connectivity index (χ2v) is 7.75. The molecule has 1 aromatic carbocycles. The van der Waals surface area contributed by atoms with Gasteiger partial charge in [-0.2, -0.15) is 0 Å². The van der Waals surface area contributed by atoms with Gasteiger partial charge < -0.3 is 9.29 Å². The number of fused-ring (bicyclic) bond motifs is 1. The Hall–Kier alpha value is -0.780. The molecule has 0 radical (unpaired) electrons. The van der Waals surface area contributed by atoms with Crippen LogP contribution in [-0.4, -0.2) is 15.9 Å². The Morgan fingerprint density at radius 1 is 1.42 bits per heavy atom. The van der Waals surface area contributed by atoms with Gasteiger partial charge in [0.25, 0.3) is 0 Å². The first-order valence-corrected chi connectivity index (χ1v) is 7.58. The van der Waals surface area contributed by atoms with Crippen molar-refractivity contribution in [3.63, 3.8) is 0 Å². The second-order valence-electron chi connectivity index (χ2n) is 5.76. The van der Waals surface area contributed by atoms with Crippen LogP contribution in [-0.2, 0) is 17.8 Å². The number of nitrogens with one attached hydrogen (secondary N) is 1. The Morgan fingerprint density at radius 3 is 2.74 bits per heavy atom. The summed E-state index contributed by atoms with van der Waals surface area (Å²) in [7, 11) is 0. The molecule has 1 aromatic rings. The maximum absolute atomic E-state index is 14.0. The third-order valence-electron chi connectivity index (χ3n) is 3.14. The molecule has 2 rings (SSSR count). The second kappa shape index (κ2) is 5.31. The smallest absolute Gasteiger partial charge is 0.136 e. The van der Waals surface area contributed by atoms with E-state index >= 15 is 0 Å². The minimum absolute atomic E-state index is 0.268. The fourth-order valence-corrected chi connectivity index (χ4v) is 2.93. The Morgan fingerprint density at radius 2 is 2.11 bits per heavy atom. The third kappa shape index (κ3) is 3.04. The van der Waals surface area contributed by atoms with Gasteiger partial charge in [0.2, 0.25) is 0 Å². The zero-order valence-corrected chi connectivity index (χ0v) is 12.6. The number of ether oxygens (including phenoxy) is 1. The van der Waals surface area contributed by atoms with Gasteiger partial charge in [-0.3, -0.25) is 0 Å². The molecule has 2 atom stereocenters. The number of hydrogen-bond acceptors (Lipinski definition) is 3. The van der Waals surface area contributed by atoms with E-state index in [2.05, 4.69) is 4.72 Å². The molecule has 3 nitrogen and oxygen atoms in total. The number of hydrogen-bond donors (Lipinski definition) is 1. The highest BCUT2D eigenvalue weighted by Crippen LogP contribution is 2.34. The van der Waals surface area contributed by atoms with E-state index in [1.807, 2.05) is 27.7 Å². The zero-order valence-electron chi connectivity index (χ0n) is 11.7. The highest BCUT2D eigenvalue weighted by atomic mass is 32.2. The molecule has 5 heteroatoms. The van der Waals surface area contributed by atoms with E-state index in [1.54, 1.807) is 6.07 Å². The van der Waals surface area contributed by atoms with Gasteiger partial charge in [-0.05, 0) is 39.8 Å². The van der Waals surface area contributed by atoms with Crippen LogP contribution >= 0.6 is 0 Å². The maximum Gasteiger partial charge on any atom is 0.136 e. The van der Waals surface area contributed by atoms with Gasteiger partial charge in [0.1, 0.15) is 16.3 Å². The summed E-state index contributed by atoms with van der Waals surface area (Å²) >= 11 is -1.23. The molecule has 19 heavy (non-hydrogen) atoms. The van der Waals surface area contributed by atoms with Crippen LogP contribution in [0.15, 0.2) is 12.1 Å². The molecule has 0 spiro atoms. The summed E-state index contributed by atoms with van der Waals surface area (Å²) in [5, 5.41) is 0. The standard InChI is InChI=1S/C14H20FNO2S/c1-9(16-19(17)14(2,3)4)13-10-7-8-18-12(10)6-5-11(13)15/h5-6,9,16H,7-8H2,1-4H3/t9-,19?/m0/s1. The fraction of sp³-hybridized carbons (Fsp3) is 0.571. The minimum Gasteiger partial charge on any atom is -0.598 e. The Balaban J connectivity index is 2.25. The highest BCUT2D eigenvalue weighted by Gasteiger charge is 2.31. The molecule has 1 N–H and O–H groups in total. The molecule has 0 fully saturated rings. The first-order chi connectivity index (χ1) is 8.80. The van der Waals surface area contributed by atoms with Crippen molar-refractivity contribution < 1.29 is 13.7 Å². The van der Waals surface area contributed by atoms with Crippen molar-refractivity contribution in [2.45, 2.75) is 44.9 Å². The summed E-state index contributed by atoms with van der Waals surface area (Å²) in [5.74, 6) is 0.474. The van der Waals surface area contributed by atoms with Crippen molar-refractivity contribution in [3.05, 3.63) is 29.1 Å². The van der Waals surface area contributed by atoms with Gasteiger partial charge in [-0.1, -0.05) is 0 Å². The molecule has 0 aromatic heterocycles. The number of rotatable bonds is 3. The molecular formula is C14H20FNO2S. The topological polar surface area (TPSA) is 44.3 Å². The highest BCUT2D eigenvalue weighted by molar-refractivity contribution is 7.90. The molecule has 0 saturated heterocycles. The molecule has 0 saturated carbocycles. The van der Waals surface area contributed by atoms with Gasteiger partial charge in [0, 0.05) is 28.9 Å². The summed E-state index contributed by atoms with van der Waals surface area (Å²) in [5.41, 5.74) is 1.47. The van der Waals surface area contributed by atoms with E-state index in [4.69, 9.17) is 4.74 Å². The van der Waals surface area contributed by atoms with Crippen LogP contribution < -0.4 is 9.46 Å². The van der Waals surface area contributed by atoms with Crippen LogP contribution in [0, 0.1) is 5.82 Å². The number of halogens is 1. The van der Waals surface area contributed by atoms with Crippen molar-refractivity contribution in [1.29, 1.82) is 0 Å². The van der Waals surface area contributed by atoms with Crippen molar-refractivity contribution in [2.75, 3.05) is 6.61 Å². The van der Waals surface area contributed by atoms with Crippen LogP contribution in [0.4, 0.5) is 4.39 Å². The first kappa shape index (κ1) is 14.6. The van der Waals surface area contributed by atoms with Crippen molar-refractivity contribution >= 4 is 11.4 Å². The van der Waals surface area contributed by atoms with Gasteiger partial charge in [0.15, 0.2) is 0 Å².